The van der Waals surface area contributed by atoms with Gasteiger partial charge < -0.3 is 23.7 Å². The Kier molecular flexibility index (Phi) is 6.25. The number of pyridine rings is 1. The molecule has 0 aliphatic rings. The molecule has 0 bridgehead atoms. The number of benzene rings is 4. The predicted molar refractivity (Wildman–Crippen MR) is 141 cm³/mol. The van der Waals surface area contributed by atoms with Crippen molar-refractivity contribution in [3.63, 3.8) is 0 Å². The van der Waals surface area contributed by atoms with Crippen LogP contribution in [0.5, 0.6) is 28.7 Å². The van der Waals surface area contributed by atoms with E-state index in [9.17, 15) is 0 Å². The highest BCUT2D eigenvalue weighted by molar-refractivity contribution is 6.14. The van der Waals surface area contributed by atoms with E-state index < -0.39 is 0 Å². The summed E-state index contributed by atoms with van der Waals surface area (Å²) < 4.78 is 31.5. The smallest absolute Gasteiger partial charge is 0.253 e. The predicted octanol–water partition coefficient (Wildman–Crippen LogP) is 5.98. The van der Waals surface area contributed by atoms with Crippen molar-refractivity contribution in [3.05, 3.63) is 78.9 Å². The Labute approximate surface area is 210 Å². The summed E-state index contributed by atoms with van der Waals surface area (Å²) in [5.74, 6) is 3.55. The monoisotopic (exact) mass is 482 g/mol. The molecule has 1 aromatic heterocycles. The lowest BCUT2D eigenvalue weighted by Crippen LogP contribution is -2.33. The summed E-state index contributed by atoms with van der Waals surface area (Å²) in [4.78, 5) is 0. The maximum Gasteiger partial charge on any atom is 0.253 e. The Morgan fingerprint density at radius 2 is 0.833 bits per heavy atom. The van der Waals surface area contributed by atoms with Crippen molar-refractivity contribution in [2.24, 2.45) is 0 Å². The third-order valence-corrected chi connectivity index (χ3v) is 6.43. The van der Waals surface area contributed by atoms with E-state index in [2.05, 4.69) is 16.7 Å². The van der Waals surface area contributed by atoms with Crippen LogP contribution >= 0.6 is 0 Å². The Bertz CT molecular complexity index is 1490. The van der Waals surface area contributed by atoms with Gasteiger partial charge in [0.1, 0.15) is 23.0 Å². The molecule has 0 spiro atoms. The Balaban J connectivity index is 2.13. The van der Waals surface area contributed by atoms with E-state index in [1.54, 1.807) is 35.5 Å². The van der Waals surface area contributed by atoms with Gasteiger partial charge in [-0.05, 0) is 30.3 Å². The first-order valence-electron chi connectivity index (χ1n) is 11.5. The topological polar surface area (TPSA) is 50.0 Å². The summed E-state index contributed by atoms with van der Waals surface area (Å²) in [6.07, 6.45) is 0. The van der Waals surface area contributed by atoms with Gasteiger partial charge in [0.25, 0.3) is 5.69 Å². The second kappa shape index (κ2) is 9.66. The standard InChI is InChI=1S/C30H28NO5/c1-32-22-14-7-6-11-19(22)31-20-12-8-15-23(33-2)27(20)30(28-21(31)13-9-16-24(28)34-3)29-25(35-4)17-10-18-26(29)36-5/h6-18H,1-5H3/q+1. The first-order chi connectivity index (χ1) is 17.7. The van der Waals surface area contributed by atoms with E-state index in [-0.39, 0.29) is 0 Å². The minimum Gasteiger partial charge on any atom is -0.496 e. The summed E-state index contributed by atoms with van der Waals surface area (Å²) in [5.41, 5.74) is 4.48. The summed E-state index contributed by atoms with van der Waals surface area (Å²) in [6.45, 7) is 0. The molecule has 0 amide bonds. The zero-order chi connectivity index (χ0) is 25.2. The van der Waals surface area contributed by atoms with Crippen LogP contribution in [0.1, 0.15) is 0 Å². The summed E-state index contributed by atoms with van der Waals surface area (Å²) in [6, 6.07) is 25.8. The molecule has 0 saturated heterocycles. The summed E-state index contributed by atoms with van der Waals surface area (Å²) in [5, 5.41) is 1.79. The highest BCUT2D eigenvalue weighted by Crippen LogP contribution is 2.49. The first-order valence-corrected chi connectivity index (χ1v) is 11.5. The van der Waals surface area contributed by atoms with Gasteiger partial charge in [-0.3, -0.25) is 0 Å². The van der Waals surface area contributed by atoms with Crippen molar-refractivity contribution in [1.29, 1.82) is 0 Å². The molecule has 0 radical (unpaired) electrons. The van der Waals surface area contributed by atoms with Crippen LogP contribution in [0.3, 0.4) is 0 Å². The largest absolute Gasteiger partial charge is 0.496 e. The molecule has 1 heterocycles. The molecule has 182 valence electrons. The molecule has 5 rings (SSSR count). The molecule has 0 fully saturated rings. The van der Waals surface area contributed by atoms with Gasteiger partial charge >= 0.3 is 0 Å². The van der Waals surface area contributed by atoms with Gasteiger partial charge in [0, 0.05) is 23.8 Å². The number of hydrogen-bond donors (Lipinski definition) is 0. The summed E-state index contributed by atoms with van der Waals surface area (Å²) in [7, 11) is 8.36. The second-order valence-corrected chi connectivity index (χ2v) is 8.13. The van der Waals surface area contributed by atoms with Crippen molar-refractivity contribution in [2.75, 3.05) is 35.5 Å². The SMILES string of the molecule is COc1ccccc1-[n+]1c2cccc(OC)c2c(-c2c(OC)cccc2OC)c2c(OC)cccc21. The third kappa shape index (κ3) is 3.53. The van der Waals surface area contributed by atoms with E-state index in [1.807, 2.05) is 66.7 Å². The van der Waals surface area contributed by atoms with E-state index in [1.165, 1.54) is 0 Å². The van der Waals surface area contributed by atoms with Gasteiger partial charge in [0.05, 0.1) is 51.9 Å². The number of para-hydroxylation sites is 2. The van der Waals surface area contributed by atoms with Crippen LogP contribution in [0.15, 0.2) is 78.9 Å². The maximum atomic E-state index is 5.94. The average Bonchev–Trinajstić information content (AvgIpc) is 2.94. The molecule has 4 aromatic carbocycles. The van der Waals surface area contributed by atoms with Crippen LogP contribution in [0.4, 0.5) is 0 Å². The molecule has 0 aliphatic carbocycles. The number of fused-ring (bicyclic) bond motifs is 2. The van der Waals surface area contributed by atoms with E-state index in [4.69, 9.17) is 23.7 Å². The Morgan fingerprint density at radius 3 is 1.33 bits per heavy atom. The Morgan fingerprint density at radius 1 is 0.417 bits per heavy atom. The van der Waals surface area contributed by atoms with Crippen LogP contribution in [0.2, 0.25) is 0 Å². The molecule has 0 N–H and O–H groups in total. The lowest BCUT2D eigenvalue weighted by Gasteiger charge is -2.19. The first kappa shape index (κ1) is 23.3. The fourth-order valence-corrected chi connectivity index (χ4v) is 4.93. The summed E-state index contributed by atoms with van der Waals surface area (Å²) >= 11 is 0. The minimum atomic E-state index is 0.684. The molecule has 6 heteroatoms. The molecule has 6 nitrogen and oxygen atoms in total. The van der Waals surface area contributed by atoms with Crippen LogP contribution in [-0.2, 0) is 0 Å². The highest BCUT2D eigenvalue weighted by atomic mass is 16.5. The van der Waals surface area contributed by atoms with Crippen molar-refractivity contribution in [3.8, 4) is 45.6 Å². The van der Waals surface area contributed by atoms with E-state index >= 15 is 0 Å². The molecule has 5 aromatic rings. The highest BCUT2D eigenvalue weighted by Gasteiger charge is 2.31. The second-order valence-electron chi connectivity index (χ2n) is 8.13. The Hall–Kier alpha value is -4.45. The van der Waals surface area contributed by atoms with Crippen molar-refractivity contribution in [2.45, 2.75) is 0 Å². The molecule has 0 atom stereocenters. The maximum absolute atomic E-state index is 5.94. The zero-order valence-corrected chi connectivity index (χ0v) is 21.0. The number of methoxy groups -OCH3 is 5. The molecule has 0 saturated carbocycles. The lowest BCUT2D eigenvalue weighted by molar-refractivity contribution is -0.538. The quantitative estimate of drug-likeness (QED) is 0.211. The number of ether oxygens (including phenoxy) is 5. The average molecular weight is 483 g/mol. The molecule has 0 unspecified atom stereocenters. The van der Waals surface area contributed by atoms with Crippen LogP contribution < -0.4 is 28.3 Å². The van der Waals surface area contributed by atoms with Gasteiger partial charge in [0.15, 0.2) is 5.75 Å². The fourth-order valence-electron chi connectivity index (χ4n) is 4.93. The minimum absolute atomic E-state index is 0.684. The number of aromatic nitrogens is 1. The lowest BCUT2D eigenvalue weighted by atomic mass is 9.92. The van der Waals surface area contributed by atoms with Gasteiger partial charge in [-0.15, -0.1) is 4.57 Å². The van der Waals surface area contributed by atoms with E-state index in [0.29, 0.717) is 23.0 Å². The van der Waals surface area contributed by atoms with Crippen LogP contribution in [0, 0.1) is 0 Å². The van der Waals surface area contributed by atoms with Gasteiger partial charge in [-0.2, -0.15) is 0 Å². The molecular weight excluding hydrogens is 454 g/mol. The fraction of sp³-hybridized carbons (Fsp3) is 0.167. The van der Waals surface area contributed by atoms with Crippen LogP contribution in [0.25, 0.3) is 38.6 Å². The van der Waals surface area contributed by atoms with E-state index in [0.717, 1.165) is 44.4 Å². The molecule has 36 heavy (non-hydrogen) atoms. The number of rotatable bonds is 7. The third-order valence-electron chi connectivity index (χ3n) is 6.43. The van der Waals surface area contributed by atoms with Crippen LogP contribution in [-0.4, -0.2) is 35.5 Å². The number of hydrogen-bond acceptors (Lipinski definition) is 5. The van der Waals surface area contributed by atoms with Crippen molar-refractivity contribution >= 4 is 21.8 Å². The van der Waals surface area contributed by atoms with Crippen molar-refractivity contribution in [1.82, 2.24) is 0 Å². The molecule has 0 aliphatic heterocycles. The van der Waals surface area contributed by atoms with Gasteiger partial charge in [0.2, 0.25) is 11.0 Å². The number of nitrogens with zero attached hydrogens (tertiary/aromatic N) is 1. The van der Waals surface area contributed by atoms with Crippen molar-refractivity contribution < 1.29 is 28.3 Å². The van der Waals surface area contributed by atoms with Gasteiger partial charge in [-0.25, -0.2) is 0 Å². The zero-order valence-electron chi connectivity index (χ0n) is 21.0. The van der Waals surface area contributed by atoms with Gasteiger partial charge in [-0.1, -0.05) is 30.3 Å². The normalized spacial score (nSPS) is 10.9. The molecular formula is C30H28NO5+.